The van der Waals surface area contributed by atoms with Gasteiger partial charge in [0.1, 0.15) is 18.2 Å². The van der Waals surface area contributed by atoms with Gasteiger partial charge in [0.2, 0.25) is 11.8 Å². The molecule has 0 N–H and O–H groups in total. The number of amides is 2. The molecule has 3 aliphatic heterocycles. The van der Waals surface area contributed by atoms with Crippen LogP contribution < -0.4 is 0 Å². The van der Waals surface area contributed by atoms with Gasteiger partial charge in [-0.05, 0) is 43.9 Å². The van der Waals surface area contributed by atoms with Gasteiger partial charge >= 0.3 is 0 Å². The summed E-state index contributed by atoms with van der Waals surface area (Å²) in [7, 11) is 1.94. The van der Waals surface area contributed by atoms with Gasteiger partial charge in [-0.15, -0.1) is 10.2 Å². The zero-order valence-corrected chi connectivity index (χ0v) is 14.7. The van der Waals surface area contributed by atoms with Crippen molar-refractivity contribution < 1.29 is 9.59 Å². The summed E-state index contributed by atoms with van der Waals surface area (Å²) in [4.78, 5) is 29.6. The number of rotatable bonds is 2. The molecular weight excluding hydrogens is 318 g/mol. The summed E-state index contributed by atoms with van der Waals surface area (Å²) in [5.74, 6) is 3.14. The number of hydrogen-bond donors (Lipinski definition) is 0. The van der Waals surface area contributed by atoms with Crippen LogP contribution >= 0.6 is 0 Å². The van der Waals surface area contributed by atoms with E-state index >= 15 is 0 Å². The molecule has 134 valence electrons. The summed E-state index contributed by atoms with van der Waals surface area (Å²) in [6.45, 7) is 1.39. The molecule has 0 bridgehead atoms. The van der Waals surface area contributed by atoms with Gasteiger partial charge in [0, 0.05) is 32.6 Å². The Morgan fingerprint density at radius 1 is 1.16 bits per heavy atom. The van der Waals surface area contributed by atoms with E-state index in [1.54, 1.807) is 6.33 Å². The van der Waals surface area contributed by atoms with Crippen LogP contribution in [0.1, 0.15) is 50.3 Å². The molecule has 7 heteroatoms. The lowest BCUT2D eigenvalue weighted by molar-refractivity contribution is -0.148. The minimum Gasteiger partial charge on any atom is -0.339 e. The molecule has 0 unspecified atom stereocenters. The summed E-state index contributed by atoms with van der Waals surface area (Å²) >= 11 is 0. The molecule has 3 saturated heterocycles. The summed E-state index contributed by atoms with van der Waals surface area (Å²) in [5, 5.41) is 8.08. The molecule has 0 spiro atoms. The van der Waals surface area contributed by atoms with Crippen LogP contribution in [-0.4, -0.2) is 61.6 Å². The highest BCUT2D eigenvalue weighted by molar-refractivity contribution is 5.89. The van der Waals surface area contributed by atoms with E-state index in [9.17, 15) is 9.59 Å². The smallest absolute Gasteiger partial charge is 0.245 e. The van der Waals surface area contributed by atoms with Crippen molar-refractivity contribution in [3.63, 3.8) is 0 Å². The maximum atomic E-state index is 13.0. The predicted octanol–water partition coefficient (Wildman–Crippen LogP) is 0.920. The van der Waals surface area contributed by atoms with Crippen LogP contribution in [0, 0.1) is 11.8 Å². The van der Waals surface area contributed by atoms with Crippen LogP contribution in [-0.2, 0) is 16.6 Å². The first kappa shape index (κ1) is 15.3. The normalized spacial score (nSPS) is 34.8. The molecule has 5 rings (SSSR count). The van der Waals surface area contributed by atoms with Gasteiger partial charge in [0.15, 0.2) is 0 Å². The number of fused-ring (bicyclic) bond motifs is 2. The van der Waals surface area contributed by atoms with Crippen molar-refractivity contribution >= 4 is 11.8 Å². The van der Waals surface area contributed by atoms with Crippen molar-refractivity contribution in [2.24, 2.45) is 18.9 Å². The van der Waals surface area contributed by atoms with Gasteiger partial charge in [0.05, 0.1) is 5.92 Å². The van der Waals surface area contributed by atoms with E-state index in [-0.39, 0.29) is 23.8 Å². The molecule has 2 amide bonds. The second-order valence-corrected chi connectivity index (χ2v) is 8.32. The number of likely N-dealkylation sites (tertiary alicyclic amines) is 1. The predicted molar refractivity (Wildman–Crippen MR) is 89.4 cm³/mol. The zero-order valence-electron chi connectivity index (χ0n) is 14.7. The third kappa shape index (κ3) is 2.47. The Bertz CT molecular complexity index is 710. The van der Waals surface area contributed by atoms with E-state index in [0.29, 0.717) is 25.6 Å². The van der Waals surface area contributed by atoms with Crippen molar-refractivity contribution in [2.75, 3.05) is 13.1 Å². The summed E-state index contributed by atoms with van der Waals surface area (Å²) in [6.07, 6.45) is 7.58. The third-order valence-corrected chi connectivity index (χ3v) is 6.75. The number of carbonyl (C=O) groups excluding carboxylic acids is 2. The van der Waals surface area contributed by atoms with Gasteiger partial charge in [-0.1, -0.05) is 0 Å². The maximum Gasteiger partial charge on any atom is 0.245 e. The molecule has 1 aromatic heterocycles. The average molecular weight is 343 g/mol. The summed E-state index contributed by atoms with van der Waals surface area (Å²) in [6, 6.07) is 0.0702. The van der Waals surface area contributed by atoms with E-state index in [0.717, 1.165) is 43.3 Å². The molecule has 4 atom stereocenters. The molecule has 1 aromatic rings. The Kier molecular flexibility index (Phi) is 3.40. The highest BCUT2D eigenvalue weighted by Gasteiger charge is 2.49. The number of aromatic nitrogens is 3. The molecule has 0 aromatic carbocycles. The standard InChI is InChI=1S/C18H25N5O2/c1-21-10-19-20-17(21)13-8-22(9-13)18(25)15-4-3-14-7-12-6-11(12)2-5-16(24)23(14)15/h10-15H,2-9H2,1H3/t11-,12+,14-,15+/m1/s1. The SMILES string of the molecule is Cn1cnnc1C1CN(C(=O)[C@@H]2CC[C@@H]3C[C@@H]4C[C@H]4CCC(=O)N32)C1. The highest BCUT2D eigenvalue weighted by atomic mass is 16.2. The lowest BCUT2D eigenvalue weighted by Crippen LogP contribution is -2.57. The molecule has 4 aliphatic rings. The van der Waals surface area contributed by atoms with Crippen molar-refractivity contribution in [3.05, 3.63) is 12.2 Å². The molecule has 4 heterocycles. The molecule has 4 fully saturated rings. The van der Waals surface area contributed by atoms with Crippen molar-refractivity contribution in [1.82, 2.24) is 24.6 Å². The second-order valence-electron chi connectivity index (χ2n) is 8.32. The van der Waals surface area contributed by atoms with E-state index in [1.165, 1.54) is 6.42 Å². The first-order valence-electron chi connectivity index (χ1n) is 9.55. The Morgan fingerprint density at radius 2 is 2.00 bits per heavy atom. The van der Waals surface area contributed by atoms with Crippen molar-refractivity contribution in [1.29, 1.82) is 0 Å². The van der Waals surface area contributed by atoms with Crippen molar-refractivity contribution in [2.45, 2.75) is 56.5 Å². The number of carbonyl (C=O) groups is 2. The zero-order chi connectivity index (χ0) is 17.1. The Balaban J connectivity index is 1.26. The maximum absolute atomic E-state index is 13.0. The topological polar surface area (TPSA) is 71.3 Å². The van der Waals surface area contributed by atoms with E-state index in [1.807, 2.05) is 21.4 Å². The Labute approximate surface area is 147 Å². The number of hydrogen-bond acceptors (Lipinski definition) is 4. The Morgan fingerprint density at radius 3 is 2.76 bits per heavy atom. The quantitative estimate of drug-likeness (QED) is 0.801. The van der Waals surface area contributed by atoms with Crippen LogP contribution in [0.15, 0.2) is 6.33 Å². The first-order chi connectivity index (χ1) is 12.1. The monoisotopic (exact) mass is 343 g/mol. The van der Waals surface area contributed by atoms with E-state index in [2.05, 4.69) is 10.2 Å². The summed E-state index contributed by atoms with van der Waals surface area (Å²) in [5.41, 5.74) is 0. The van der Waals surface area contributed by atoms with Crippen LogP contribution in [0.5, 0.6) is 0 Å². The van der Waals surface area contributed by atoms with E-state index in [4.69, 9.17) is 0 Å². The molecule has 1 saturated carbocycles. The van der Waals surface area contributed by atoms with Crippen LogP contribution in [0.2, 0.25) is 0 Å². The van der Waals surface area contributed by atoms with Crippen LogP contribution in [0.25, 0.3) is 0 Å². The average Bonchev–Trinajstić information content (AvgIpc) is 2.91. The summed E-state index contributed by atoms with van der Waals surface area (Å²) < 4.78 is 1.92. The minimum absolute atomic E-state index is 0.141. The highest BCUT2D eigenvalue weighted by Crippen LogP contribution is 2.49. The van der Waals surface area contributed by atoms with Crippen LogP contribution in [0.4, 0.5) is 0 Å². The fourth-order valence-corrected chi connectivity index (χ4v) is 5.17. The first-order valence-corrected chi connectivity index (χ1v) is 9.55. The van der Waals surface area contributed by atoms with Crippen LogP contribution in [0.3, 0.4) is 0 Å². The number of aryl methyl sites for hydroxylation is 1. The molecule has 7 nitrogen and oxygen atoms in total. The van der Waals surface area contributed by atoms with Gasteiger partial charge in [-0.3, -0.25) is 9.59 Å². The van der Waals surface area contributed by atoms with Gasteiger partial charge < -0.3 is 14.4 Å². The van der Waals surface area contributed by atoms with Gasteiger partial charge in [0.25, 0.3) is 0 Å². The lowest BCUT2D eigenvalue weighted by Gasteiger charge is -2.42. The fourth-order valence-electron chi connectivity index (χ4n) is 5.17. The fraction of sp³-hybridized carbons (Fsp3) is 0.778. The molecule has 1 aliphatic carbocycles. The largest absolute Gasteiger partial charge is 0.339 e. The van der Waals surface area contributed by atoms with Crippen molar-refractivity contribution in [3.8, 4) is 0 Å². The third-order valence-electron chi connectivity index (χ3n) is 6.75. The minimum atomic E-state index is -0.228. The number of nitrogens with zero attached hydrogens (tertiary/aromatic N) is 5. The molecule has 0 radical (unpaired) electrons. The molecular formula is C18H25N5O2. The molecule has 25 heavy (non-hydrogen) atoms. The van der Waals surface area contributed by atoms with Gasteiger partial charge in [-0.2, -0.15) is 0 Å². The Hall–Kier alpha value is -1.92. The van der Waals surface area contributed by atoms with E-state index < -0.39 is 0 Å². The van der Waals surface area contributed by atoms with Gasteiger partial charge in [-0.25, -0.2) is 0 Å². The lowest BCUT2D eigenvalue weighted by atomic mass is 9.97. The second kappa shape index (κ2) is 5.54.